The third-order valence-electron chi connectivity index (χ3n) is 4.44. The van der Waals surface area contributed by atoms with Crippen LogP contribution in [0.4, 0.5) is 0 Å². The van der Waals surface area contributed by atoms with Crippen LogP contribution in [0.2, 0.25) is 0 Å². The van der Waals surface area contributed by atoms with Crippen molar-refractivity contribution in [1.29, 1.82) is 0 Å². The molecule has 1 aromatic rings. The molecule has 3 rings (SSSR count). The molecule has 1 aliphatic carbocycles. The molecule has 2 fully saturated rings. The van der Waals surface area contributed by atoms with Crippen molar-refractivity contribution in [3.63, 3.8) is 0 Å². The Labute approximate surface area is 130 Å². The maximum atomic E-state index is 11.9. The molecule has 1 aromatic carbocycles. The van der Waals surface area contributed by atoms with Gasteiger partial charge in [0.2, 0.25) is 5.91 Å². The normalized spacial score (nSPS) is 22.3. The number of hydrogen-bond acceptors (Lipinski definition) is 3. The van der Waals surface area contributed by atoms with Gasteiger partial charge in [-0.15, -0.1) is 0 Å². The molecule has 1 saturated heterocycles. The Hall–Kier alpha value is -1.88. The molecular formula is C17H22N2O3. The molecular weight excluding hydrogens is 280 g/mol. The number of carbonyl (C=O) groups excluding carboxylic acids is 1. The van der Waals surface area contributed by atoms with Crippen molar-refractivity contribution in [2.45, 2.75) is 37.6 Å². The maximum Gasteiger partial charge on any atom is 0.335 e. The zero-order valence-corrected chi connectivity index (χ0v) is 12.6. The van der Waals surface area contributed by atoms with Crippen LogP contribution < -0.4 is 5.32 Å². The number of nitrogens with zero attached hydrogens (tertiary/aromatic N) is 1. The van der Waals surface area contributed by atoms with Crippen molar-refractivity contribution in [2.24, 2.45) is 0 Å². The fraction of sp³-hybridized carbons (Fsp3) is 0.529. The largest absolute Gasteiger partial charge is 0.478 e. The van der Waals surface area contributed by atoms with E-state index in [1.54, 1.807) is 12.1 Å². The summed E-state index contributed by atoms with van der Waals surface area (Å²) in [6.07, 6.45) is 4.39. The van der Waals surface area contributed by atoms with E-state index in [4.69, 9.17) is 5.11 Å². The van der Waals surface area contributed by atoms with Crippen molar-refractivity contribution in [2.75, 3.05) is 19.6 Å². The first-order chi connectivity index (χ1) is 10.6. The number of carbonyl (C=O) groups is 2. The predicted octanol–water partition coefficient (Wildman–Crippen LogP) is 1.84. The van der Waals surface area contributed by atoms with Gasteiger partial charge < -0.3 is 10.4 Å². The summed E-state index contributed by atoms with van der Waals surface area (Å²) in [4.78, 5) is 25.0. The summed E-state index contributed by atoms with van der Waals surface area (Å²) in [5.41, 5.74) is 1.48. The third-order valence-corrected chi connectivity index (χ3v) is 4.44. The van der Waals surface area contributed by atoms with Crippen LogP contribution in [0.25, 0.3) is 0 Å². The van der Waals surface area contributed by atoms with Crippen molar-refractivity contribution >= 4 is 11.9 Å². The molecule has 1 amide bonds. The van der Waals surface area contributed by atoms with E-state index in [1.165, 1.54) is 0 Å². The molecule has 1 heterocycles. The van der Waals surface area contributed by atoms with Crippen LogP contribution in [0.5, 0.6) is 0 Å². The molecule has 0 radical (unpaired) electrons. The van der Waals surface area contributed by atoms with E-state index in [0.29, 0.717) is 24.1 Å². The quantitative estimate of drug-likeness (QED) is 0.871. The molecule has 118 valence electrons. The van der Waals surface area contributed by atoms with Gasteiger partial charge in [-0.2, -0.15) is 0 Å². The first-order valence-corrected chi connectivity index (χ1v) is 7.97. The Kier molecular flexibility index (Phi) is 4.43. The average Bonchev–Trinajstić information content (AvgIpc) is 3.31. The minimum Gasteiger partial charge on any atom is -0.478 e. The van der Waals surface area contributed by atoms with Crippen molar-refractivity contribution in [3.05, 3.63) is 35.4 Å². The van der Waals surface area contributed by atoms with E-state index in [9.17, 15) is 9.59 Å². The van der Waals surface area contributed by atoms with Gasteiger partial charge in [0, 0.05) is 12.6 Å². The molecule has 1 saturated carbocycles. The van der Waals surface area contributed by atoms with Crippen LogP contribution in [0, 0.1) is 0 Å². The van der Waals surface area contributed by atoms with Gasteiger partial charge in [-0.3, -0.25) is 9.69 Å². The molecule has 0 spiro atoms. The van der Waals surface area contributed by atoms with Crippen LogP contribution in [-0.2, 0) is 4.79 Å². The van der Waals surface area contributed by atoms with Crippen molar-refractivity contribution in [1.82, 2.24) is 10.2 Å². The highest BCUT2D eigenvalue weighted by Crippen LogP contribution is 2.27. The Morgan fingerprint density at radius 3 is 2.55 bits per heavy atom. The number of rotatable bonds is 5. The van der Waals surface area contributed by atoms with Crippen LogP contribution in [-0.4, -0.2) is 47.6 Å². The summed E-state index contributed by atoms with van der Waals surface area (Å²) in [6, 6.07) is 7.55. The number of hydrogen-bond donors (Lipinski definition) is 2. The zero-order chi connectivity index (χ0) is 15.5. The first-order valence-electron chi connectivity index (χ1n) is 7.97. The number of aromatic carboxylic acids is 1. The number of carboxylic acid groups (broad SMARTS) is 1. The highest BCUT2D eigenvalue weighted by molar-refractivity contribution is 5.87. The lowest BCUT2D eigenvalue weighted by Gasteiger charge is -2.32. The average molecular weight is 302 g/mol. The van der Waals surface area contributed by atoms with Crippen LogP contribution in [0.15, 0.2) is 24.3 Å². The third kappa shape index (κ3) is 3.85. The monoisotopic (exact) mass is 302 g/mol. The maximum absolute atomic E-state index is 11.9. The Balaban J connectivity index is 1.57. The van der Waals surface area contributed by atoms with E-state index < -0.39 is 5.97 Å². The molecule has 0 bridgehead atoms. The van der Waals surface area contributed by atoms with Crippen LogP contribution in [0.1, 0.15) is 47.5 Å². The van der Waals surface area contributed by atoms with E-state index in [-0.39, 0.29) is 5.91 Å². The molecule has 22 heavy (non-hydrogen) atoms. The lowest BCUT2D eigenvalue weighted by Crippen LogP contribution is -2.42. The van der Waals surface area contributed by atoms with Gasteiger partial charge in [-0.05, 0) is 55.8 Å². The number of benzene rings is 1. The molecule has 5 heteroatoms. The summed E-state index contributed by atoms with van der Waals surface area (Å²) in [6.45, 7) is 2.30. The summed E-state index contributed by atoms with van der Waals surface area (Å²) >= 11 is 0. The minimum atomic E-state index is -0.895. The van der Waals surface area contributed by atoms with E-state index in [2.05, 4.69) is 10.2 Å². The van der Waals surface area contributed by atoms with Gasteiger partial charge in [0.1, 0.15) is 0 Å². The highest BCUT2D eigenvalue weighted by Gasteiger charge is 2.26. The van der Waals surface area contributed by atoms with E-state index >= 15 is 0 Å². The Morgan fingerprint density at radius 2 is 1.91 bits per heavy atom. The molecule has 1 aliphatic heterocycles. The lowest BCUT2D eigenvalue weighted by molar-refractivity contribution is -0.122. The van der Waals surface area contributed by atoms with E-state index in [1.807, 2.05) is 12.1 Å². The fourth-order valence-electron chi connectivity index (χ4n) is 3.07. The molecule has 0 aromatic heterocycles. The second-order valence-corrected chi connectivity index (χ2v) is 6.34. The number of piperidine rings is 1. The number of amides is 1. The molecule has 0 unspecified atom stereocenters. The molecule has 2 N–H and O–H groups in total. The highest BCUT2D eigenvalue weighted by atomic mass is 16.4. The Bertz CT molecular complexity index is 552. The fourth-order valence-corrected chi connectivity index (χ4v) is 3.07. The number of nitrogens with one attached hydrogen (secondary N) is 1. The zero-order valence-electron chi connectivity index (χ0n) is 12.6. The van der Waals surface area contributed by atoms with Gasteiger partial charge in [0.05, 0.1) is 12.1 Å². The Morgan fingerprint density at radius 1 is 1.18 bits per heavy atom. The standard InChI is InChI=1S/C17H22N2O3/c20-16(18-15-7-8-15)11-19-9-1-2-14(10-19)12-3-5-13(6-4-12)17(21)22/h3-6,14-15H,1-2,7-11H2,(H,18,20)(H,21,22)/t14-/m1/s1. The topological polar surface area (TPSA) is 69.6 Å². The minimum absolute atomic E-state index is 0.129. The van der Waals surface area contributed by atoms with Crippen LogP contribution >= 0.6 is 0 Å². The first kappa shape index (κ1) is 15.0. The number of likely N-dealkylation sites (tertiary alicyclic amines) is 1. The molecule has 5 nitrogen and oxygen atoms in total. The van der Waals surface area contributed by atoms with Gasteiger partial charge in [-0.1, -0.05) is 12.1 Å². The van der Waals surface area contributed by atoms with Crippen LogP contribution in [0.3, 0.4) is 0 Å². The van der Waals surface area contributed by atoms with Gasteiger partial charge >= 0.3 is 5.97 Å². The summed E-state index contributed by atoms with van der Waals surface area (Å²) < 4.78 is 0. The van der Waals surface area contributed by atoms with Crippen molar-refractivity contribution < 1.29 is 14.7 Å². The summed E-state index contributed by atoms with van der Waals surface area (Å²) in [7, 11) is 0. The molecule has 1 atom stereocenters. The second-order valence-electron chi connectivity index (χ2n) is 6.34. The predicted molar refractivity (Wildman–Crippen MR) is 83.0 cm³/mol. The van der Waals surface area contributed by atoms with E-state index in [0.717, 1.165) is 44.3 Å². The number of carboxylic acids is 1. The van der Waals surface area contributed by atoms with Gasteiger partial charge in [-0.25, -0.2) is 4.79 Å². The smallest absolute Gasteiger partial charge is 0.335 e. The summed E-state index contributed by atoms with van der Waals surface area (Å²) in [5, 5.41) is 12.0. The SMILES string of the molecule is O=C(CN1CCC[C@@H](c2ccc(C(=O)O)cc2)C1)NC1CC1. The summed E-state index contributed by atoms with van der Waals surface area (Å²) in [5.74, 6) is -0.386. The van der Waals surface area contributed by atoms with Gasteiger partial charge in [0.15, 0.2) is 0 Å². The molecule has 2 aliphatic rings. The second kappa shape index (κ2) is 6.48. The lowest BCUT2D eigenvalue weighted by atomic mass is 9.90. The van der Waals surface area contributed by atoms with Crippen molar-refractivity contribution in [3.8, 4) is 0 Å². The van der Waals surface area contributed by atoms with Gasteiger partial charge in [0.25, 0.3) is 0 Å².